The van der Waals surface area contributed by atoms with Gasteiger partial charge in [-0.2, -0.15) is 15.8 Å². The Morgan fingerprint density at radius 3 is 1.24 bits per heavy atom. The lowest BCUT2D eigenvalue weighted by Crippen LogP contribution is -2.41. The van der Waals surface area contributed by atoms with Crippen LogP contribution in [-0.2, 0) is 101 Å². The third kappa shape index (κ3) is 22.2. The molecule has 3 atom stereocenters. The van der Waals surface area contributed by atoms with E-state index in [1.165, 1.54) is 47.1 Å². The Morgan fingerprint density at radius 2 is 0.904 bits per heavy atom. The fraction of sp³-hybridized carbons (Fsp3) is 0.481. The summed E-state index contributed by atoms with van der Waals surface area (Å²) in [5.41, 5.74) is 8.75. The van der Waals surface area contributed by atoms with Crippen LogP contribution in [0.1, 0.15) is 176 Å². The number of ether oxygens (including phenoxy) is 6. The number of anilines is 6. The molecule has 0 saturated carbocycles. The zero-order valence-corrected chi connectivity index (χ0v) is 65.0. The number of amides is 9. The van der Waals surface area contributed by atoms with Crippen molar-refractivity contribution >= 4 is 90.1 Å². The van der Waals surface area contributed by atoms with Gasteiger partial charge < -0.3 is 43.1 Å². The number of nitrogens with zero attached hydrogens (tertiary/aromatic N) is 15. The van der Waals surface area contributed by atoms with E-state index in [4.69, 9.17) is 28.4 Å². The number of carbonyl (C=O) groups is 9. The van der Waals surface area contributed by atoms with E-state index in [1.54, 1.807) is 54.2 Å². The van der Waals surface area contributed by atoms with Crippen molar-refractivity contribution in [1.29, 1.82) is 15.8 Å². The average Bonchev–Trinajstić information content (AvgIpc) is 0.968. The van der Waals surface area contributed by atoms with Crippen LogP contribution in [0, 0.1) is 34.0 Å². The van der Waals surface area contributed by atoms with Crippen LogP contribution in [0.15, 0.2) is 55.0 Å². The van der Waals surface area contributed by atoms with Gasteiger partial charge in [0.25, 0.3) is 0 Å². The van der Waals surface area contributed by atoms with Gasteiger partial charge in [0.1, 0.15) is 70.2 Å². The number of carbonyl (C=O) groups excluding carboxylic acids is 9. The fourth-order valence-electron chi connectivity index (χ4n) is 14.5. The summed E-state index contributed by atoms with van der Waals surface area (Å²) in [5, 5.41) is 36.6. The van der Waals surface area contributed by atoms with E-state index < -0.39 is 18.1 Å². The van der Waals surface area contributed by atoms with Gasteiger partial charge in [-0.15, -0.1) is 0 Å². The highest BCUT2D eigenvalue weighted by molar-refractivity contribution is 6.03. The molecule has 3 N–H and O–H groups in total. The minimum absolute atomic E-state index is 0.00492. The van der Waals surface area contributed by atoms with Crippen molar-refractivity contribution in [2.75, 3.05) is 131 Å². The first-order valence-corrected chi connectivity index (χ1v) is 38.3. The molecule has 0 aromatic carbocycles. The van der Waals surface area contributed by atoms with E-state index in [-0.39, 0.29) is 66.7 Å². The molecule has 0 bridgehead atoms. The van der Waals surface area contributed by atoms with Crippen LogP contribution in [0.25, 0.3) is 0 Å². The predicted octanol–water partition coefficient (Wildman–Crippen LogP) is 8.59. The van der Waals surface area contributed by atoms with Crippen molar-refractivity contribution in [3.05, 3.63) is 139 Å². The molecule has 0 aliphatic carbocycles. The maximum atomic E-state index is 13.3. The second-order valence-electron chi connectivity index (χ2n) is 28.3. The van der Waals surface area contributed by atoms with E-state index in [0.29, 0.717) is 205 Å². The maximum absolute atomic E-state index is 13.3. The van der Waals surface area contributed by atoms with Crippen molar-refractivity contribution in [2.45, 2.75) is 154 Å². The molecule has 600 valence electrons. The van der Waals surface area contributed by atoms with E-state index >= 15 is 0 Å². The molecule has 33 nitrogen and oxygen atoms in total. The average molecular weight is 1560 g/mol. The number of fused-ring (bicyclic) bond motifs is 3. The zero-order valence-electron chi connectivity index (χ0n) is 65.0. The second-order valence-corrected chi connectivity index (χ2v) is 28.3. The summed E-state index contributed by atoms with van der Waals surface area (Å²) in [4.78, 5) is 148. The lowest BCUT2D eigenvalue weighted by molar-refractivity contribution is -0.132. The highest BCUT2D eigenvalue weighted by atomic mass is 16.5. The van der Waals surface area contributed by atoms with Crippen LogP contribution < -0.4 is 30.7 Å². The van der Waals surface area contributed by atoms with Crippen molar-refractivity contribution in [1.82, 2.24) is 44.6 Å². The Balaban J connectivity index is 0.000000181. The predicted molar refractivity (Wildman–Crippen MR) is 417 cm³/mol. The molecule has 0 spiro atoms. The van der Waals surface area contributed by atoms with Crippen molar-refractivity contribution in [3.63, 3.8) is 0 Å². The number of aromatic nitrogens is 6. The maximum Gasteiger partial charge on any atom is 0.328 e. The van der Waals surface area contributed by atoms with Crippen LogP contribution in [0.4, 0.5) is 49.3 Å². The quantitative estimate of drug-likeness (QED) is 0.0292. The monoisotopic (exact) mass is 1560 g/mol. The molecule has 33 heteroatoms. The highest BCUT2D eigenvalue weighted by Crippen LogP contribution is 2.34. The lowest BCUT2D eigenvalue weighted by atomic mass is 10.0. The standard InChI is InChI=1S/C28H34N6O5.C27H32N6O5.C26H30N6O5/c1-19(36)33(17-24-8-5-11-39-24)16-22-12-21-6-3-9-34(27(21)31-25(22)18-35)28(37)32-26-13-20(7-4-10-38-2)23(14-29)15-30-26;1-18(35)33(23-7-10-38-17-23)15-21-11-20-5-3-8-32(26(20)30-24(21)16-34)27(36)31-25-12-19(6-4-9-37-2)22(13-28)14-29-25;1-36-8-3-5-18-11-24(28-13-21(18)12-27)30-26(35)32-7-2-4-19-10-20(23(15-33)29-25(19)32)14-31(17-34)22-6-9-37-16-22/h12-13,15,18,24H,3-11,16-17H2,1-2H3,(H,30,32,37);11-12,14,16,23H,3-10,15,17H2,1-2H3,(H,29,31,36);10-11,13,15,17,22H,2-9,14,16H2,1H3,(H,28,30,35)/t24-;23-;22-/m110/s1. The summed E-state index contributed by atoms with van der Waals surface area (Å²) in [7, 11) is 4.87. The van der Waals surface area contributed by atoms with Crippen molar-refractivity contribution in [2.24, 2.45) is 0 Å². The molecule has 3 fully saturated rings. The van der Waals surface area contributed by atoms with Gasteiger partial charge in [-0.1, -0.05) is 0 Å². The van der Waals surface area contributed by atoms with Gasteiger partial charge in [0, 0.05) is 156 Å². The number of nitriles is 3. The topological polar surface area (TPSA) is 413 Å². The Labute approximate surface area is 661 Å². The molecule has 6 aliphatic heterocycles. The van der Waals surface area contributed by atoms with Gasteiger partial charge in [-0.3, -0.25) is 59.4 Å². The van der Waals surface area contributed by atoms with Crippen molar-refractivity contribution < 1.29 is 71.6 Å². The molecule has 12 heterocycles. The lowest BCUT2D eigenvalue weighted by Gasteiger charge is -2.31. The zero-order chi connectivity index (χ0) is 81.0. The molecule has 0 radical (unpaired) electrons. The molecule has 6 aromatic rings. The van der Waals surface area contributed by atoms with E-state index in [2.05, 4.69) is 64.1 Å². The number of urea groups is 3. The first-order valence-electron chi connectivity index (χ1n) is 38.3. The normalized spacial score (nSPS) is 16.4. The number of hydrogen-bond donors (Lipinski definition) is 3. The summed E-state index contributed by atoms with van der Waals surface area (Å²) >= 11 is 0. The number of methoxy groups -OCH3 is 3. The third-order valence-corrected chi connectivity index (χ3v) is 20.5. The first kappa shape index (κ1) is 84.8. The third-order valence-electron chi connectivity index (χ3n) is 20.5. The molecule has 6 aliphatic rings. The summed E-state index contributed by atoms with van der Waals surface area (Å²) in [5.74, 6) is 2.07. The Hall–Kier alpha value is -11.6. The van der Waals surface area contributed by atoms with Gasteiger partial charge in [0.15, 0.2) is 18.9 Å². The highest BCUT2D eigenvalue weighted by Gasteiger charge is 2.34. The summed E-state index contributed by atoms with van der Waals surface area (Å²) < 4.78 is 31.8. The van der Waals surface area contributed by atoms with Crippen LogP contribution >= 0.6 is 0 Å². The number of aldehydes is 3. The van der Waals surface area contributed by atoms with Gasteiger partial charge in [0.05, 0.1) is 48.1 Å². The van der Waals surface area contributed by atoms with E-state index in [0.717, 1.165) is 104 Å². The molecular formula is C81H96N18O15. The molecular weight excluding hydrogens is 1470 g/mol. The summed E-state index contributed by atoms with van der Waals surface area (Å²) in [6.07, 6.45) is 18.8. The molecule has 3 saturated heterocycles. The van der Waals surface area contributed by atoms with E-state index in [1.807, 2.05) is 18.2 Å². The van der Waals surface area contributed by atoms with E-state index in [9.17, 15) is 58.9 Å². The van der Waals surface area contributed by atoms with Gasteiger partial charge >= 0.3 is 18.1 Å². The van der Waals surface area contributed by atoms with Gasteiger partial charge in [0.2, 0.25) is 18.2 Å². The van der Waals surface area contributed by atoms with Crippen molar-refractivity contribution in [3.8, 4) is 18.2 Å². The number of nitrogens with one attached hydrogen (secondary N) is 3. The molecule has 114 heavy (non-hydrogen) atoms. The summed E-state index contributed by atoms with van der Waals surface area (Å²) in [6.45, 7) is 10.0. The Morgan fingerprint density at radius 1 is 0.509 bits per heavy atom. The molecule has 6 aromatic heterocycles. The largest absolute Gasteiger partial charge is 0.385 e. The second kappa shape index (κ2) is 42.3. The Kier molecular flexibility index (Phi) is 31.5. The smallest absolute Gasteiger partial charge is 0.328 e. The minimum atomic E-state index is -0.421. The van der Waals surface area contributed by atoms with Crippen LogP contribution in [-0.4, -0.2) is 218 Å². The number of aryl methyl sites for hydroxylation is 6. The first-order chi connectivity index (χ1) is 55.4. The fourth-order valence-corrected chi connectivity index (χ4v) is 14.5. The molecule has 12 rings (SSSR count). The van der Waals surface area contributed by atoms with Crippen LogP contribution in [0.2, 0.25) is 0 Å². The number of pyridine rings is 6. The number of rotatable bonds is 29. The van der Waals surface area contributed by atoms with Crippen LogP contribution in [0.3, 0.4) is 0 Å². The SMILES string of the molecule is COCCCc1cc(NC(=O)N2CCCc3cc(CN(C(C)=O)[C@@H]4CCOC4)c(C=O)nc32)ncc1C#N.COCCCc1cc(NC(=O)N2CCCc3cc(CN(C=O)[C@H]4CCOC4)c(C=O)nc32)ncc1C#N.COCCCc1cc(NC(=O)N2CCCc3cc(CN(C[C@H]4CCCO4)C(C)=O)c(C=O)nc32)ncc1C#N. The van der Waals surface area contributed by atoms with Gasteiger partial charge in [-0.25, -0.2) is 44.3 Å². The number of hydrogen-bond acceptors (Lipinski definition) is 24. The molecule has 9 amide bonds. The molecule has 0 unspecified atom stereocenters. The van der Waals surface area contributed by atoms with Gasteiger partial charge in [-0.05, 0) is 173 Å². The minimum Gasteiger partial charge on any atom is -0.385 e. The van der Waals surface area contributed by atoms with Crippen LogP contribution in [0.5, 0.6) is 0 Å². The Bertz CT molecular complexity index is 4580. The summed E-state index contributed by atoms with van der Waals surface area (Å²) in [6, 6.07) is 15.8.